The van der Waals surface area contributed by atoms with E-state index < -0.39 is 0 Å². The highest BCUT2D eigenvalue weighted by atomic mass is 16.2. The van der Waals surface area contributed by atoms with Gasteiger partial charge < -0.3 is 10.4 Å². The molecule has 0 saturated carbocycles. The Hall–Kier alpha value is -1.35. The van der Waals surface area contributed by atoms with Gasteiger partial charge in [-0.1, -0.05) is 24.3 Å². The van der Waals surface area contributed by atoms with Crippen molar-refractivity contribution in [1.29, 1.82) is 0 Å². The van der Waals surface area contributed by atoms with Crippen LogP contribution in [0.5, 0.6) is 0 Å². The van der Waals surface area contributed by atoms with Crippen molar-refractivity contribution in [2.24, 2.45) is 0 Å². The largest absolute Gasteiger partial charge is 0.396 e. The second-order valence-corrected chi connectivity index (χ2v) is 3.14. The number of hydrogen-bond acceptors (Lipinski definition) is 2. The minimum atomic E-state index is 0.231. The third-order valence-electron chi connectivity index (χ3n) is 2.04. The summed E-state index contributed by atoms with van der Waals surface area (Å²) in [6.07, 6.45) is 2.39. The minimum Gasteiger partial charge on any atom is -0.396 e. The minimum absolute atomic E-state index is 0.231. The highest BCUT2D eigenvalue weighted by Gasteiger charge is 1.94. The molecule has 1 rings (SSSR count). The van der Waals surface area contributed by atoms with Gasteiger partial charge in [0.05, 0.1) is 0 Å². The van der Waals surface area contributed by atoms with Crippen molar-refractivity contribution >= 4 is 6.41 Å². The fourth-order valence-corrected chi connectivity index (χ4v) is 1.27. The van der Waals surface area contributed by atoms with Crippen molar-refractivity contribution in [3.8, 4) is 0 Å². The lowest BCUT2D eigenvalue weighted by Crippen LogP contribution is -2.09. The standard InChI is InChI=1S/C11H15NO2/c13-7-1-2-10-3-5-11(6-4-10)8-12-9-14/h3-6,9,13H,1-2,7-8H2,(H,12,14). The van der Waals surface area contributed by atoms with Gasteiger partial charge in [0.1, 0.15) is 0 Å². The first-order valence-electron chi connectivity index (χ1n) is 4.72. The van der Waals surface area contributed by atoms with E-state index in [9.17, 15) is 4.79 Å². The zero-order valence-corrected chi connectivity index (χ0v) is 8.07. The van der Waals surface area contributed by atoms with E-state index in [2.05, 4.69) is 5.32 Å². The van der Waals surface area contributed by atoms with Crippen molar-refractivity contribution in [2.45, 2.75) is 19.4 Å². The van der Waals surface area contributed by atoms with E-state index in [0.29, 0.717) is 13.0 Å². The molecule has 1 aromatic rings. The fourth-order valence-electron chi connectivity index (χ4n) is 1.27. The van der Waals surface area contributed by atoms with E-state index >= 15 is 0 Å². The molecule has 0 atom stereocenters. The van der Waals surface area contributed by atoms with E-state index in [1.165, 1.54) is 5.56 Å². The Balaban J connectivity index is 2.46. The second-order valence-electron chi connectivity index (χ2n) is 3.14. The zero-order chi connectivity index (χ0) is 10.2. The molecule has 0 spiro atoms. The summed E-state index contributed by atoms with van der Waals surface area (Å²) < 4.78 is 0. The van der Waals surface area contributed by atoms with Crippen LogP contribution in [0, 0.1) is 0 Å². The number of rotatable bonds is 6. The fraction of sp³-hybridized carbons (Fsp3) is 0.364. The Morgan fingerprint density at radius 1 is 1.21 bits per heavy atom. The molecule has 0 unspecified atom stereocenters. The van der Waals surface area contributed by atoms with Crippen molar-refractivity contribution in [3.63, 3.8) is 0 Å². The summed E-state index contributed by atoms with van der Waals surface area (Å²) in [5, 5.41) is 11.3. The average Bonchev–Trinajstić information content (AvgIpc) is 2.25. The number of carbonyl (C=O) groups excluding carboxylic acids is 1. The molecule has 14 heavy (non-hydrogen) atoms. The highest BCUT2D eigenvalue weighted by molar-refractivity contribution is 5.46. The molecular formula is C11H15NO2. The summed E-state index contributed by atoms with van der Waals surface area (Å²) >= 11 is 0. The van der Waals surface area contributed by atoms with Gasteiger partial charge in [-0.15, -0.1) is 0 Å². The Bertz CT molecular complexity index is 269. The van der Waals surface area contributed by atoms with Crippen LogP contribution in [0.3, 0.4) is 0 Å². The Morgan fingerprint density at radius 2 is 1.86 bits per heavy atom. The molecule has 0 aromatic heterocycles. The molecule has 0 aliphatic carbocycles. The number of aryl methyl sites for hydroxylation is 1. The number of nitrogens with one attached hydrogen (secondary N) is 1. The maximum atomic E-state index is 10.0. The van der Waals surface area contributed by atoms with E-state index in [1.54, 1.807) is 0 Å². The predicted molar refractivity (Wildman–Crippen MR) is 54.8 cm³/mol. The van der Waals surface area contributed by atoms with Crippen LogP contribution in [0.25, 0.3) is 0 Å². The van der Waals surface area contributed by atoms with Gasteiger partial charge in [-0.05, 0) is 24.0 Å². The van der Waals surface area contributed by atoms with Crippen LogP contribution < -0.4 is 5.32 Å². The Morgan fingerprint density at radius 3 is 2.43 bits per heavy atom. The Labute approximate surface area is 83.8 Å². The van der Waals surface area contributed by atoms with Crippen molar-refractivity contribution in [2.75, 3.05) is 6.61 Å². The molecule has 0 fully saturated rings. The van der Waals surface area contributed by atoms with Crippen molar-refractivity contribution < 1.29 is 9.90 Å². The van der Waals surface area contributed by atoms with Gasteiger partial charge in [0.2, 0.25) is 6.41 Å². The van der Waals surface area contributed by atoms with Gasteiger partial charge in [-0.2, -0.15) is 0 Å². The molecule has 0 aliphatic heterocycles. The van der Waals surface area contributed by atoms with Crippen LogP contribution >= 0.6 is 0 Å². The number of amides is 1. The van der Waals surface area contributed by atoms with Gasteiger partial charge in [0.15, 0.2) is 0 Å². The van der Waals surface area contributed by atoms with Crippen LogP contribution in [-0.2, 0) is 17.8 Å². The molecule has 0 radical (unpaired) electrons. The summed E-state index contributed by atoms with van der Waals surface area (Å²) in [4.78, 5) is 10.0. The van der Waals surface area contributed by atoms with E-state index in [4.69, 9.17) is 5.11 Å². The normalized spacial score (nSPS) is 9.79. The molecule has 0 aliphatic rings. The second kappa shape index (κ2) is 6.16. The highest BCUT2D eigenvalue weighted by Crippen LogP contribution is 2.06. The number of carbonyl (C=O) groups is 1. The summed E-state index contributed by atoms with van der Waals surface area (Å²) in [5.41, 5.74) is 2.30. The van der Waals surface area contributed by atoms with Crippen LogP contribution in [0.4, 0.5) is 0 Å². The monoisotopic (exact) mass is 193 g/mol. The molecule has 1 aromatic carbocycles. The smallest absolute Gasteiger partial charge is 0.207 e. The third-order valence-corrected chi connectivity index (χ3v) is 2.04. The number of aliphatic hydroxyl groups excluding tert-OH is 1. The number of benzene rings is 1. The van der Waals surface area contributed by atoms with Crippen LogP contribution in [0.15, 0.2) is 24.3 Å². The average molecular weight is 193 g/mol. The number of aliphatic hydroxyl groups is 1. The van der Waals surface area contributed by atoms with Crippen LogP contribution in [-0.4, -0.2) is 18.1 Å². The number of hydrogen-bond donors (Lipinski definition) is 2. The maximum Gasteiger partial charge on any atom is 0.207 e. The summed E-state index contributed by atoms with van der Waals surface area (Å²) in [6.45, 7) is 0.804. The predicted octanol–water partition coefficient (Wildman–Crippen LogP) is 0.857. The maximum absolute atomic E-state index is 10.0. The first-order valence-corrected chi connectivity index (χ1v) is 4.72. The molecule has 0 bridgehead atoms. The SMILES string of the molecule is O=CNCc1ccc(CCCO)cc1. The topological polar surface area (TPSA) is 49.3 Å². The van der Waals surface area contributed by atoms with Gasteiger partial charge in [-0.25, -0.2) is 0 Å². The van der Waals surface area contributed by atoms with E-state index in [0.717, 1.165) is 18.4 Å². The van der Waals surface area contributed by atoms with Crippen molar-refractivity contribution in [3.05, 3.63) is 35.4 Å². The molecule has 3 nitrogen and oxygen atoms in total. The summed E-state index contributed by atoms with van der Waals surface area (Å²) in [6, 6.07) is 8.03. The summed E-state index contributed by atoms with van der Waals surface area (Å²) in [5.74, 6) is 0. The van der Waals surface area contributed by atoms with Crippen LogP contribution in [0.1, 0.15) is 17.5 Å². The molecular weight excluding hydrogens is 178 g/mol. The van der Waals surface area contributed by atoms with E-state index in [1.807, 2.05) is 24.3 Å². The first-order chi connectivity index (χ1) is 6.86. The molecule has 3 heteroatoms. The van der Waals surface area contributed by atoms with Gasteiger partial charge in [0, 0.05) is 13.2 Å². The van der Waals surface area contributed by atoms with Crippen molar-refractivity contribution in [1.82, 2.24) is 5.32 Å². The zero-order valence-electron chi connectivity index (χ0n) is 8.07. The third kappa shape index (κ3) is 3.58. The lowest BCUT2D eigenvalue weighted by Gasteiger charge is -2.02. The Kier molecular flexibility index (Phi) is 4.72. The quantitative estimate of drug-likeness (QED) is 0.658. The lowest BCUT2D eigenvalue weighted by molar-refractivity contribution is -0.109. The molecule has 2 N–H and O–H groups in total. The lowest BCUT2D eigenvalue weighted by atomic mass is 10.1. The molecule has 76 valence electrons. The molecule has 0 saturated heterocycles. The van der Waals surface area contributed by atoms with Crippen LogP contribution in [0.2, 0.25) is 0 Å². The van der Waals surface area contributed by atoms with Gasteiger partial charge in [0.25, 0.3) is 0 Å². The van der Waals surface area contributed by atoms with Gasteiger partial charge >= 0.3 is 0 Å². The van der Waals surface area contributed by atoms with E-state index in [-0.39, 0.29) is 6.61 Å². The first kappa shape index (κ1) is 10.7. The van der Waals surface area contributed by atoms with Gasteiger partial charge in [-0.3, -0.25) is 4.79 Å². The molecule has 0 heterocycles. The molecule has 1 amide bonds. The summed E-state index contributed by atoms with van der Waals surface area (Å²) in [7, 11) is 0.